The van der Waals surface area contributed by atoms with Crippen LogP contribution in [0.2, 0.25) is 0 Å². The van der Waals surface area contributed by atoms with E-state index in [2.05, 4.69) is 5.32 Å². The number of carboxylic acids is 2. The number of carbonyl (C=O) groups excluding carboxylic acids is 1. The molecule has 0 fully saturated rings. The molecular weight excluding hydrogens is 226 g/mol. The van der Waals surface area contributed by atoms with Gasteiger partial charge >= 0.3 is 11.9 Å². The molecule has 0 aliphatic heterocycles. The summed E-state index contributed by atoms with van der Waals surface area (Å²) in [5.74, 6) is -2.66. The summed E-state index contributed by atoms with van der Waals surface area (Å²) in [4.78, 5) is 32.9. The standard InChI is InChI=1S/C11H19NO5/c1-3-4-5-8(13)12-11(2,10(16)17)7-6-9(14)15/h3-7H2,1-2H3,(H,12,13)(H,14,15)(H,16,17). The van der Waals surface area contributed by atoms with Crippen LogP contribution < -0.4 is 5.32 Å². The molecule has 6 nitrogen and oxygen atoms in total. The van der Waals surface area contributed by atoms with Crippen molar-refractivity contribution in [3.8, 4) is 0 Å². The average Bonchev–Trinajstić information content (AvgIpc) is 2.23. The third-order valence-electron chi connectivity index (χ3n) is 2.48. The number of carbonyl (C=O) groups is 3. The largest absolute Gasteiger partial charge is 0.481 e. The molecule has 1 unspecified atom stereocenters. The van der Waals surface area contributed by atoms with Crippen molar-refractivity contribution in [2.24, 2.45) is 0 Å². The summed E-state index contributed by atoms with van der Waals surface area (Å²) in [6.07, 6.45) is 1.35. The third-order valence-corrected chi connectivity index (χ3v) is 2.48. The lowest BCUT2D eigenvalue weighted by Crippen LogP contribution is -2.52. The van der Waals surface area contributed by atoms with Crippen molar-refractivity contribution >= 4 is 17.8 Å². The molecule has 0 heterocycles. The predicted octanol–water partition coefficient (Wildman–Crippen LogP) is 1.00. The van der Waals surface area contributed by atoms with Crippen molar-refractivity contribution in [1.82, 2.24) is 5.32 Å². The molecule has 0 aromatic rings. The molecule has 0 saturated carbocycles. The first-order valence-corrected chi connectivity index (χ1v) is 5.58. The minimum atomic E-state index is -1.51. The van der Waals surface area contributed by atoms with Crippen LogP contribution in [-0.2, 0) is 14.4 Å². The molecule has 0 aliphatic rings. The minimum Gasteiger partial charge on any atom is -0.481 e. The van der Waals surface area contributed by atoms with E-state index in [1.54, 1.807) is 0 Å². The summed E-state index contributed by atoms with van der Waals surface area (Å²) in [5, 5.41) is 19.9. The Bertz CT molecular complexity index is 302. The first-order valence-electron chi connectivity index (χ1n) is 5.58. The van der Waals surface area contributed by atoms with Gasteiger partial charge in [0.1, 0.15) is 5.54 Å². The SMILES string of the molecule is CCCCC(=O)NC(C)(CCC(=O)O)C(=O)O. The summed E-state index contributed by atoms with van der Waals surface area (Å²) < 4.78 is 0. The molecule has 1 atom stereocenters. The van der Waals surface area contributed by atoms with Gasteiger partial charge in [-0.05, 0) is 19.8 Å². The molecule has 6 heteroatoms. The van der Waals surface area contributed by atoms with Gasteiger partial charge in [0, 0.05) is 12.8 Å². The lowest BCUT2D eigenvalue weighted by atomic mass is 9.95. The second-order valence-electron chi connectivity index (χ2n) is 4.18. The van der Waals surface area contributed by atoms with E-state index in [0.717, 1.165) is 6.42 Å². The van der Waals surface area contributed by atoms with Crippen LogP contribution in [0.3, 0.4) is 0 Å². The van der Waals surface area contributed by atoms with Crippen LogP contribution in [0.1, 0.15) is 46.0 Å². The van der Waals surface area contributed by atoms with Crippen LogP contribution >= 0.6 is 0 Å². The molecule has 1 amide bonds. The number of hydrogen-bond acceptors (Lipinski definition) is 3. The van der Waals surface area contributed by atoms with Gasteiger partial charge in [-0.2, -0.15) is 0 Å². The smallest absolute Gasteiger partial charge is 0.329 e. The molecule has 0 aliphatic carbocycles. The molecular formula is C11H19NO5. The quantitative estimate of drug-likeness (QED) is 0.592. The number of carboxylic acid groups (broad SMARTS) is 2. The predicted molar refractivity (Wildman–Crippen MR) is 60.6 cm³/mol. The number of hydrogen-bond donors (Lipinski definition) is 3. The van der Waals surface area contributed by atoms with Crippen molar-refractivity contribution in [2.45, 2.75) is 51.5 Å². The molecule has 98 valence electrons. The summed E-state index contributed by atoms with van der Waals surface area (Å²) in [6.45, 7) is 3.25. The van der Waals surface area contributed by atoms with Crippen molar-refractivity contribution in [3.05, 3.63) is 0 Å². The van der Waals surface area contributed by atoms with E-state index < -0.39 is 17.5 Å². The van der Waals surface area contributed by atoms with E-state index in [1.807, 2.05) is 6.92 Å². The fourth-order valence-corrected chi connectivity index (χ4v) is 1.29. The van der Waals surface area contributed by atoms with Gasteiger partial charge < -0.3 is 15.5 Å². The summed E-state index contributed by atoms with van der Waals surface area (Å²) in [7, 11) is 0. The molecule has 0 saturated heterocycles. The topological polar surface area (TPSA) is 104 Å². The van der Waals surface area contributed by atoms with E-state index in [1.165, 1.54) is 6.92 Å². The normalized spacial score (nSPS) is 13.8. The van der Waals surface area contributed by atoms with Crippen LogP contribution in [0.5, 0.6) is 0 Å². The minimum absolute atomic E-state index is 0.129. The maximum absolute atomic E-state index is 11.4. The van der Waals surface area contributed by atoms with Gasteiger partial charge in [0.15, 0.2) is 0 Å². The van der Waals surface area contributed by atoms with Gasteiger partial charge in [-0.1, -0.05) is 13.3 Å². The molecule has 0 bridgehead atoms. The highest BCUT2D eigenvalue weighted by Gasteiger charge is 2.34. The molecule has 0 rings (SSSR count). The van der Waals surface area contributed by atoms with Crippen LogP contribution in [-0.4, -0.2) is 33.6 Å². The van der Waals surface area contributed by atoms with Crippen LogP contribution in [0.15, 0.2) is 0 Å². The van der Waals surface area contributed by atoms with E-state index >= 15 is 0 Å². The van der Waals surface area contributed by atoms with E-state index in [4.69, 9.17) is 10.2 Å². The van der Waals surface area contributed by atoms with Gasteiger partial charge in [-0.15, -0.1) is 0 Å². The monoisotopic (exact) mass is 245 g/mol. The molecule has 3 N–H and O–H groups in total. The third kappa shape index (κ3) is 5.89. The molecule has 0 radical (unpaired) electrons. The first kappa shape index (κ1) is 15.4. The lowest BCUT2D eigenvalue weighted by molar-refractivity contribution is -0.148. The molecule has 0 aromatic heterocycles. The van der Waals surface area contributed by atoms with Crippen molar-refractivity contribution in [3.63, 3.8) is 0 Å². The highest BCUT2D eigenvalue weighted by atomic mass is 16.4. The Hall–Kier alpha value is -1.59. The van der Waals surface area contributed by atoms with Gasteiger partial charge in [-0.25, -0.2) is 4.79 Å². The summed E-state index contributed by atoms with van der Waals surface area (Å²) in [5.41, 5.74) is -1.51. The summed E-state index contributed by atoms with van der Waals surface area (Å²) in [6, 6.07) is 0. The number of rotatable bonds is 8. The zero-order valence-electron chi connectivity index (χ0n) is 10.2. The average molecular weight is 245 g/mol. The number of unbranched alkanes of at least 4 members (excludes halogenated alkanes) is 1. The first-order chi connectivity index (χ1) is 7.81. The fourth-order valence-electron chi connectivity index (χ4n) is 1.29. The Balaban J connectivity index is 4.45. The number of aliphatic carboxylic acids is 2. The maximum Gasteiger partial charge on any atom is 0.329 e. The summed E-state index contributed by atoms with van der Waals surface area (Å²) >= 11 is 0. The lowest BCUT2D eigenvalue weighted by Gasteiger charge is -2.25. The van der Waals surface area contributed by atoms with E-state index in [-0.39, 0.29) is 25.2 Å². The van der Waals surface area contributed by atoms with Gasteiger partial charge in [-0.3, -0.25) is 9.59 Å². The zero-order valence-corrected chi connectivity index (χ0v) is 10.2. The highest BCUT2D eigenvalue weighted by molar-refractivity contribution is 5.87. The maximum atomic E-state index is 11.4. The Morgan fingerprint density at radius 3 is 2.18 bits per heavy atom. The number of amides is 1. The Morgan fingerprint density at radius 1 is 1.18 bits per heavy atom. The van der Waals surface area contributed by atoms with Crippen molar-refractivity contribution in [2.75, 3.05) is 0 Å². The zero-order chi connectivity index (χ0) is 13.5. The second-order valence-corrected chi connectivity index (χ2v) is 4.18. The highest BCUT2D eigenvalue weighted by Crippen LogP contribution is 2.13. The van der Waals surface area contributed by atoms with Gasteiger partial charge in [0.25, 0.3) is 0 Å². The Morgan fingerprint density at radius 2 is 1.76 bits per heavy atom. The number of nitrogens with one attached hydrogen (secondary N) is 1. The van der Waals surface area contributed by atoms with Gasteiger partial charge in [0.05, 0.1) is 0 Å². The van der Waals surface area contributed by atoms with Crippen LogP contribution in [0.4, 0.5) is 0 Å². The molecule has 0 aromatic carbocycles. The molecule has 17 heavy (non-hydrogen) atoms. The van der Waals surface area contributed by atoms with Crippen molar-refractivity contribution in [1.29, 1.82) is 0 Å². The van der Waals surface area contributed by atoms with Crippen LogP contribution in [0, 0.1) is 0 Å². The van der Waals surface area contributed by atoms with Gasteiger partial charge in [0.2, 0.25) is 5.91 Å². The Labute approximate surface area is 100 Å². The Kier molecular flexibility index (Phi) is 6.23. The van der Waals surface area contributed by atoms with Crippen molar-refractivity contribution < 1.29 is 24.6 Å². The van der Waals surface area contributed by atoms with E-state index in [9.17, 15) is 14.4 Å². The van der Waals surface area contributed by atoms with E-state index in [0.29, 0.717) is 6.42 Å². The fraction of sp³-hybridized carbons (Fsp3) is 0.727. The second kappa shape index (κ2) is 6.88. The van der Waals surface area contributed by atoms with Crippen LogP contribution in [0.25, 0.3) is 0 Å². The molecule has 0 spiro atoms.